The van der Waals surface area contributed by atoms with Crippen molar-refractivity contribution in [3.05, 3.63) is 147 Å². The molecule has 0 N–H and O–H groups in total. The SMILES string of the molecule is Cn1cc(C(/C=C(\C#Cc2ccccc2)c2ccc(Cl)cc2)c2ccc(Cl)cc2Cl)c2ccccc21. The van der Waals surface area contributed by atoms with Crippen LogP contribution in [0.5, 0.6) is 0 Å². The van der Waals surface area contributed by atoms with Crippen molar-refractivity contribution >= 4 is 51.3 Å². The molecule has 176 valence electrons. The van der Waals surface area contributed by atoms with E-state index < -0.39 is 0 Å². The summed E-state index contributed by atoms with van der Waals surface area (Å²) < 4.78 is 2.15. The van der Waals surface area contributed by atoms with Gasteiger partial charge in [-0.15, -0.1) is 0 Å². The van der Waals surface area contributed by atoms with Crippen LogP contribution in [0.4, 0.5) is 0 Å². The maximum Gasteiger partial charge on any atom is 0.0480 e. The van der Waals surface area contributed by atoms with Gasteiger partial charge in [0.15, 0.2) is 0 Å². The van der Waals surface area contributed by atoms with Gasteiger partial charge in [0, 0.05) is 56.3 Å². The van der Waals surface area contributed by atoms with E-state index >= 15 is 0 Å². The highest BCUT2D eigenvalue weighted by molar-refractivity contribution is 6.35. The lowest BCUT2D eigenvalue weighted by Gasteiger charge is -2.17. The quantitative estimate of drug-likeness (QED) is 0.206. The predicted octanol–water partition coefficient (Wildman–Crippen LogP) is 9.41. The summed E-state index contributed by atoms with van der Waals surface area (Å²) in [5.74, 6) is 6.59. The van der Waals surface area contributed by atoms with Crippen LogP contribution in [-0.4, -0.2) is 4.57 Å². The Morgan fingerprint density at radius 1 is 0.778 bits per heavy atom. The first-order valence-corrected chi connectivity index (χ1v) is 12.7. The highest BCUT2D eigenvalue weighted by Gasteiger charge is 2.21. The van der Waals surface area contributed by atoms with Crippen LogP contribution in [-0.2, 0) is 7.05 Å². The molecule has 5 aromatic rings. The molecule has 4 heteroatoms. The van der Waals surface area contributed by atoms with Crippen molar-refractivity contribution in [3.63, 3.8) is 0 Å². The molecule has 5 rings (SSSR count). The summed E-state index contributed by atoms with van der Waals surface area (Å²) in [5.41, 5.74) is 6.08. The minimum Gasteiger partial charge on any atom is -0.350 e. The number of fused-ring (bicyclic) bond motifs is 1. The summed E-state index contributed by atoms with van der Waals surface area (Å²) in [7, 11) is 2.06. The number of aromatic nitrogens is 1. The Balaban J connectivity index is 1.75. The second kappa shape index (κ2) is 10.7. The number of rotatable bonds is 4. The number of hydrogen-bond acceptors (Lipinski definition) is 0. The third kappa shape index (κ3) is 5.23. The normalized spacial score (nSPS) is 12.3. The van der Waals surface area contributed by atoms with E-state index in [-0.39, 0.29) is 5.92 Å². The van der Waals surface area contributed by atoms with Crippen LogP contribution in [0, 0.1) is 11.8 Å². The van der Waals surface area contributed by atoms with E-state index in [9.17, 15) is 0 Å². The number of benzene rings is 4. The van der Waals surface area contributed by atoms with Crippen molar-refractivity contribution in [1.82, 2.24) is 4.57 Å². The van der Waals surface area contributed by atoms with Gasteiger partial charge in [-0.3, -0.25) is 0 Å². The highest BCUT2D eigenvalue weighted by atomic mass is 35.5. The molecule has 0 fully saturated rings. The molecule has 4 aromatic carbocycles. The molecule has 1 aromatic heterocycles. The first-order valence-electron chi connectivity index (χ1n) is 11.5. The molecule has 1 heterocycles. The monoisotopic (exact) mass is 525 g/mol. The molecule has 0 saturated heterocycles. The van der Waals surface area contributed by atoms with Crippen molar-refractivity contribution in [2.45, 2.75) is 5.92 Å². The zero-order chi connectivity index (χ0) is 25.1. The lowest BCUT2D eigenvalue weighted by atomic mass is 9.87. The Morgan fingerprint density at radius 2 is 1.47 bits per heavy atom. The summed E-state index contributed by atoms with van der Waals surface area (Å²) in [5, 5.41) is 3.06. The van der Waals surface area contributed by atoms with Crippen LogP contribution < -0.4 is 0 Å². The van der Waals surface area contributed by atoms with E-state index in [0.717, 1.165) is 33.3 Å². The molecule has 1 nitrogen and oxygen atoms in total. The molecule has 1 unspecified atom stereocenters. The number of para-hydroxylation sites is 1. The smallest absolute Gasteiger partial charge is 0.0480 e. The molecule has 0 saturated carbocycles. The van der Waals surface area contributed by atoms with Crippen LogP contribution in [0.15, 0.2) is 109 Å². The Labute approximate surface area is 226 Å². The van der Waals surface area contributed by atoms with E-state index in [4.69, 9.17) is 34.8 Å². The van der Waals surface area contributed by atoms with Gasteiger partial charge in [0.05, 0.1) is 0 Å². The summed E-state index contributed by atoms with van der Waals surface area (Å²) in [6.07, 6.45) is 4.36. The lowest BCUT2D eigenvalue weighted by Crippen LogP contribution is -2.00. The van der Waals surface area contributed by atoms with E-state index in [1.54, 1.807) is 6.07 Å². The topological polar surface area (TPSA) is 4.93 Å². The Hall–Kier alpha value is -3.41. The van der Waals surface area contributed by atoms with Gasteiger partial charge in [0.25, 0.3) is 0 Å². The summed E-state index contributed by atoms with van der Waals surface area (Å²) in [4.78, 5) is 0. The van der Waals surface area contributed by atoms with Gasteiger partial charge < -0.3 is 4.57 Å². The Bertz CT molecular complexity index is 1620. The van der Waals surface area contributed by atoms with Gasteiger partial charge in [-0.1, -0.05) is 107 Å². The molecule has 0 bridgehead atoms. The van der Waals surface area contributed by atoms with Gasteiger partial charge in [0.1, 0.15) is 0 Å². The van der Waals surface area contributed by atoms with E-state index in [1.807, 2.05) is 66.7 Å². The molecule has 0 radical (unpaired) electrons. The van der Waals surface area contributed by atoms with Crippen LogP contribution in [0.25, 0.3) is 16.5 Å². The Kier molecular flexibility index (Phi) is 7.21. The van der Waals surface area contributed by atoms with Crippen molar-refractivity contribution in [2.24, 2.45) is 7.05 Å². The number of hydrogen-bond donors (Lipinski definition) is 0. The molecular weight excluding hydrogens is 505 g/mol. The van der Waals surface area contributed by atoms with E-state index in [1.165, 1.54) is 5.39 Å². The molecule has 36 heavy (non-hydrogen) atoms. The fourth-order valence-corrected chi connectivity index (χ4v) is 5.04. The molecular formula is C32H22Cl3N. The van der Waals surface area contributed by atoms with E-state index in [2.05, 4.69) is 60.0 Å². The van der Waals surface area contributed by atoms with E-state index in [0.29, 0.717) is 15.1 Å². The van der Waals surface area contributed by atoms with Crippen LogP contribution in [0.3, 0.4) is 0 Å². The second-order valence-corrected chi connectivity index (χ2v) is 9.84. The first-order chi connectivity index (χ1) is 17.5. The van der Waals surface area contributed by atoms with Crippen LogP contribution in [0.2, 0.25) is 15.1 Å². The minimum atomic E-state index is -0.156. The van der Waals surface area contributed by atoms with Crippen LogP contribution >= 0.6 is 34.8 Å². The highest BCUT2D eigenvalue weighted by Crippen LogP contribution is 2.39. The molecule has 0 aliphatic heterocycles. The van der Waals surface area contributed by atoms with Gasteiger partial charge in [-0.2, -0.15) is 0 Å². The van der Waals surface area contributed by atoms with Crippen LogP contribution in [0.1, 0.15) is 28.2 Å². The zero-order valence-electron chi connectivity index (χ0n) is 19.6. The number of aryl methyl sites for hydroxylation is 1. The zero-order valence-corrected chi connectivity index (χ0v) is 21.8. The second-order valence-electron chi connectivity index (χ2n) is 8.56. The largest absolute Gasteiger partial charge is 0.350 e. The summed E-state index contributed by atoms with van der Waals surface area (Å²) in [6, 6.07) is 31.8. The average molecular weight is 527 g/mol. The van der Waals surface area contributed by atoms with Gasteiger partial charge in [-0.25, -0.2) is 0 Å². The van der Waals surface area contributed by atoms with Gasteiger partial charge in [-0.05, 0) is 59.2 Å². The lowest BCUT2D eigenvalue weighted by molar-refractivity contribution is 0.941. The van der Waals surface area contributed by atoms with Crippen molar-refractivity contribution in [2.75, 3.05) is 0 Å². The molecule has 0 spiro atoms. The van der Waals surface area contributed by atoms with Crippen molar-refractivity contribution in [3.8, 4) is 11.8 Å². The number of nitrogens with zero attached hydrogens (tertiary/aromatic N) is 1. The molecule has 0 aliphatic rings. The molecule has 1 atom stereocenters. The summed E-state index contributed by atoms with van der Waals surface area (Å²) >= 11 is 19.2. The number of allylic oxidation sites excluding steroid dienone is 2. The molecule has 0 amide bonds. The summed E-state index contributed by atoms with van der Waals surface area (Å²) in [6.45, 7) is 0. The third-order valence-electron chi connectivity index (χ3n) is 6.16. The minimum absolute atomic E-state index is 0.156. The first kappa shape index (κ1) is 24.3. The van der Waals surface area contributed by atoms with Gasteiger partial charge >= 0.3 is 0 Å². The van der Waals surface area contributed by atoms with Crippen molar-refractivity contribution < 1.29 is 0 Å². The third-order valence-corrected chi connectivity index (χ3v) is 6.98. The maximum absolute atomic E-state index is 6.78. The van der Waals surface area contributed by atoms with Crippen molar-refractivity contribution in [1.29, 1.82) is 0 Å². The standard InChI is InChI=1S/C32H22Cl3N/c1-36-21-30(28-9-5-6-10-32(28)36)29(27-18-17-26(34)20-31(27)35)19-24(23-13-15-25(33)16-14-23)12-11-22-7-3-2-4-8-22/h2-10,13-21,29H,1H3/b24-19+. The average Bonchev–Trinajstić information content (AvgIpc) is 3.22. The number of halogens is 3. The molecule has 0 aliphatic carbocycles. The predicted molar refractivity (Wildman–Crippen MR) is 154 cm³/mol. The van der Waals surface area contributed by atoms with Gasteiger partial charge in [0.2, 0.25) is 0 Å². The fraction of sp³-hybridized carbons (Fsp3) is 0.0625. The maximum atomic E-state index is 6.78. The fourth-order valence-electron chi connectivity index (χ4n) is 4.39. The Morgan fingerprint density at radius 3 is 2.22 bits per heavy atom.